The number of aromatic carboxylic acids is 1. The van der Waals surface area contributed by atoms with Gasteiger partial charge in [0.05, 0.1) is 16.6 Å². The van der Waals surface area contributed by atoms with Crippen LogP contribution >= 0.6 is 11.3 Å². The van der Waals surface area contributed by atoms with Crippen LogP contribution in [-0.2, 0) is 6.18 Å². The maximum absolute atomic E-state index is 13.4. The summed E-state index contributed by atoms with van der Waals surface area (Å²) < 4.78 is 40.5. The van der Waals surface area contributed by atoms with Gasteiger partial charge in [-0.1, -0.05) is 11.3 Å². The Kier molecular flexibility index (Phi) is 3.75. The molecule has 0 aliphatic rings. The maximum Gasteiger partial charge on any atom is 0.450 e. The van der Waals surface area contributed by atoms with Crippen molar-refractivity contribution < 1.29 is 23.1 Å². The van der Waals surface area contributed by atoms with E-state index in [2.05, 4.69) is 9.97 Å². The Bertz CT molecular complexity index is 1070. The average molecular weight is 370 g/mol. The van der Waals surface area contributed by atoms with E-state index >= 15 is 0 Å². The van der Waals surface area contributed by atoms with E-state index in [0.29, 0.717) is 11.3 Å². The number of nitrogen functional groups attached to an aromatic ring is 1. The van der Waals surface area contributed by atoms with Crippen molar-refractivity contribution in [2.24, 2.45) is 0 Å². The molecule has 2 heterocycles. The molecular weight excluding hydrogens is 361 g/mol. The number of benzene rings is 1. The zero-order valence-electron chi connectivity index (χ0n) is 12.5. The summed E-state index contributed by atoms with van der Waals surface area (Å²) in [5, 5.41) is 8.51. The number of anilines is 1. The molecular formula is C14H9F3N4O3S. The molecule has 11 heteroatoms. The predicted octanol–water partition coefficient (Wildman–Crippen LogP) is 2.45. The van der Waals surface area contributed by atoms with E-state index in [1.165, 1.54) is 25.1 Å². The van der Waals surface area contributed by atoms with Gasteiger partial charge in [-0.25, -0.2) is 19.3 Å². The van der Waals surface area contributed by atoms with E-state index in [9.17, 15) is 22.8 Å². The van der Waals surface area contributed by atoms with Gasteiger partial charge >= 0.3 is 12.1 Å². The number of nitrogens with two attached hydrogens (primary N) is 1. The number of carbonyl (C=O) groups is 1. The number of aryl methyl sites for hydroxylation is 1. The van der Waals surface area contributed by atoms with Gasteiger partial charge in [0.25, 0.3) is 5.56 Å². The summed E-state index contributed by atoms with van der Waals surface area (Å²) in [5.41, 5.74) is 4.56. The fraction of sp³-hybridized carbons (Fsp3) is 0.143. The summed E-state index contributed by atoms with van der Waals surface area (Å²) in [6, 6.07) is 3.75. The van der Waals surface area contributed by atoms with Gasteiger partial charge in [0, 0.05) is 5.69 Å². The number of halogens is 3. The number of carboxylic acids is 1. The average Bonchev–Trinajstić information content (AvgIpc) is 2.88. The SMILES string of the molecule is Cc1nc(-n2c(C(F)(F)F)nc3ccc(N)cc3c2=O)sc1C(=O)O. The monoisotopic (exact) mass is 370 g/mol. The Morgan fingerprint density at radius 1 is 1.32 bits per heavy atom. The lowest BCUT2D eigenvalue weighted by atomic mass is 10.2. The van der Waals surface area contributed by atoms with E-state index in [-0.39, 0.29) is 31.7 Å². The summed E-state index contributed by atoms with van der Waals surface area (Å²) in [6.07, 6.45) is -4.95. The number of thiazole rings is 1. The van der Waals surface area contributed by atoms with E-state index in [4.69, 9.17) is 10.8 Å². The minimum Gasteiger partial charge on any atom is -0.477 e. The van der Waals surface area contributed by atoms with Crippen LogP contribution in [0.4, 0.5) is 18.9 Å². The quantitative estimate of drug-likeness (QED) is 0.671. The van der Waals surface area contributed by atoms with Crippen molar-refractivity contribution in [3.8, 4) is 5.13 Å². The number of fused-ring (bicyclic) bond motifs is 1. The molecule has 3 rings (SSSR count). The van der Waals surface area contributed by atoms with Crippen LogP contribution in [0.2, 0.25) is 0 Å². The highest BCUT2D eigenvalue weighted by atomic mass is 32.1. The van der Waals surface area contributed by atoms with E-state index in [1.54, 1.807) is 0 Å². The van der Waals surface area contributed by atoms with Crippen LogP contribution < -0.4 is 11.3 Å². The van der Waals surface area contributed by atoms with Crippen molar-refractivity contribution in [2.45, 2.75) is 13.1 Å². The molecule has 0 fully saturated rings. The van der Waals surface area contributed by atoms with Crippen molar-refractivity contribution >= 4 is 33.9 Å². The van der Waals surface area contributed by atoms with Gasteiger partial charge in [-0.2, -0.15) is 13.2 Å². The third-order valence-electron chi connectivity index (χ3n) is 3.32. The number of carboxylic acid groups (broad SMARTS) is 1. The largest absolute Gasteiger partial charge is 0.477 e. The lowest BCUT2D eigenvalue weighted by Gasteiger charge is -2.13. The standard InChI is InChI=1S/C14H9F3N4O3S/c1-5-9(11(23)24)25-13(19-5)21-10(22)7-4-6(18)2-3-8(7)20-12(21)14(15,16)17/h2-4H,18H2,1H3,(H,23,24). The first-order valence-electron chi connectivity index (χ1n) is 6.70. The minimum atomic E-state index is -4.95. The molecule has 7 nitrogen and oxygen atoms in total. The topological polar surface area (TPSA) is 111 Å². The van der Waals surface area contributed by atoms with Crippen LogP contribution in [0.15, 0.2) is 23.0 Å². The van der Waals surface area contributed by atoms with Crippen LogP contribution in [0.5, 0.6) is 0 Å². The molecule has 0 bridgehead atoms. The second kappa shape index (κ2) is 5.55. The zero-order valence-corrected chi connectivity index (χ0v) is 13.3. The van der Waals surface area contributed by atoms with Crippen LogP contribution in [0.25, 0.3) is 16.0 Å². The van der Waals surface area contributed by atoms with Gasteiger partial charge in [-0.05, 0) is 25.1 Å². The van der Waals surface area contributed by atoms with Gasteiger partial charge in [-0.3, -0.25) is 4.79 Å². The van der Waals surface area contributed by atoms with Gasteiger partial charge in [0.15, 0.2) is 5.13 Å². The number of aromatic nitrogens is 3. The van der Waals surface area contributed by atoms with Crippen LogP contribution in [0.1, 0.15) is 21.2 Å². The molecule has 0 amide bonds. The van der Waals surface area contributed by atoms with E-state index in [1.807, 2.05) is 0 Å². The fourth-order valence-electron chi connectivity index (χ4n) is 2.25. The first kappa shape index (κ1) is 16.9. The van der Waals surface area contributed by atoms with Crippen molar-refractivity contribution in [3.63, 3.8) is 0 Å². The van der Waals surface area contributed by atoms with Crippen molar-refractivity contribution in [1.29, 1.82) is 0 Å². The molecule has 0 saturated carbocycles. The molecule has 0 saturated heterocycles. The Labute approximate surface area is 141 Å². The lowest BCUT2D eigenvalue weighted by molar-refractivity contribution is -0.146. The maximum atomic E-state index is 13.4. The summed E-state index contributed by atoms with van der Waals surface area (Å²) in [4.78, 5) is 30.8. The lowest BCUT2D eigenvalue weighted by Crippen LogP contribution is -2.28. The molecule has 0 aliphatic carbocycles. The van der Waals surface area contributed by atoms with Gasteiger partial charge in [-0.15, -0.1) is 0 Å². The van der Waals surface area contributed by atoms with Gasteiger partial charge in [0.1, 0.15) is 4.88 Å². The summed E-state index contributed by atoms with van der Waals surface area (Å²) in [7, 11) is 0. The van der Waals surface area contributed by atoms with E-state index in [0.717, 1.165) is 0 Å². The van der Waals surface area contributed by atoms with Crippen molar-refractivity contribution in [1.82, 2.24) is 14.5 Å². The third-order valence-corrected chi connectivity index (χ3v) is 4.45. The first-order chi connectivity index (χ1) is 11.6. The molecule has 0 spiro atoms. The second-order valence-electron chi connectivity index (χ2n) is 5.07. The molecule has 0 radical (unpaired) electrons. The summed E-state index contributed by atoms with van der Waals surface area (Å²) in [6.45, 7) is 1.33. The number of alkyl halides is 3. The minimum absolute atomic E-state index is 0.000182. The van der Waals surface area contributed by atoms with Crippen molar-refractivity contribution in [3.05, 3.63) is 44.9 Å². The van der Waals surface area contributed by atoms with Gasteiger partial charge < -0.3 is 10.8 Å². The number of nitrogens with zero attached hydrogens (tertiary/aromatic N) is 3. The first-order valence-corrected chi connectivity index (χ1v) is 7.52. The fourth-order valence-corrected chi connectivity index (χ4v) is 3.15. The molecule has 0 unspecified atom stereocenters. The van der Waals surface area contributed by atoms with Crippen molar-refractivity contribution in [2.75, 3.05) is 5.73 Å². The highest BCUT2D eigenvalue weighted by molar-refractivity contribution is 7.16. The van der Waals surface area contributed by atoms with Crippen LogP contribution in [0, 0.1) is 6.92 Å². The predicted molar refractivity (Wildman–Crippen MR) is 84.1 cm³/mol. The molecule has 3 aromatic rings. The summed E-state index contributed by atoms with van der Waals surface area (Å²) in [5.74, 6) is -2.83. The van der Waals surface area contributed by atoms with Gasteiger partial charge in [0.2, 0.25) is 5.82 Å². The molecule has 1 aromatic carbocycles. The Hall–Kier alpha value is -2.95. The third kappa shape index (κ3) is 2.82. The smallest absolute Gasteiger partial charge is 0.450 e. The zero-order chi connectivity index (χ0) is 18.5. The van der Waals surface area contributed by atoms with Crippen LogP contribution in [-0.4, -0.2) is 25.6 Å². The van der Waals surface area contributed by atoms with Crippen LogP contribution in [0.3, 0.4) is 0 Å². The number of hydrogen-bond donors (Lipinski definition) is 2. The number of hydrogen-bond acceptors (Lipinski definition) is 6. The molecule has 0 aliphatic heterocycles. The molecule has 2 aromatic heterocycles. The molecule has 3 N–H and O–H groups in total. The second-order valence-corrected chi connectivity index (χ2v) is 6.04. The number of rotatable bonds is 2. The molecule has 0 atom stereocenters. The molecule has 25 heavy (non-hydrogen) atoms. The normalized spacial score (nSPS) is 11.8. The summed E-state index contributed by atoms with van der Waals surface area (Å²) >= 11 is 0.459. The Balaban J connectivity index is 2.43. The Morgan fingerprint density at radius 2 is 2.00 bits per heavy atom. The molecule has 130 valence electrons. The Morgan fingerprint density at radius 3 is 2.56 bits per heavy atom. The highest BCUT2D eigenvalue weighted by Crippen LogP contribution is 2.31. The highest BCUT2D eigenvalue weighted by Gasteiger charge is 2.38. The van der Waals surface area contributed by atoms with E-state index < -0.39 is 28.7 Å².